The number of sulfonamides is 1. The SMILES string of the molecule is CSCCn1c(=NC(=O)C2CCN(S(=O)(=O)c3ccc(C)cc3)CC2)sc2cc3c(cc21)OCCO3. The molecule has 0 spiro atoms. The number of thioether (sulfide) groups is 1. The number of amides is 1. The van der Waals surface area contributed by atoms with Crippen LogP contribution in [0.3, 0.4) is 0 Å². The number of aryl methyl sites for hydroxylation is 2. The lowest BCUT2D eigenvalue weighted by Crippen LogP contribution is -2.40. The van der Waals surface area contributed by atoms with Gasteiger partial charge in [0.2, 0.25) is 10.0 Å². The van der Waals surface area contributed by atoms with Gasteiger partial charge in [0.1, 0.15) is 13.2 Å². The number of carbonyl (C=O) groups is 1. The molecule has 8 nitrogen and oxygen atoms in total. The first-order valence-electron chi connectivity index (χ1n) is 11.9. The number of benzene rings is 2. The Bertz CT molecular complexity index is 1440. The summed E-state index contributed by atoms with van der Waals surface area (Å²) in [6, 6.07) is 10.8. The molecule has 2 aliphatic heterocycles. The van der Waals surface area contributed by atoms with Crippen LogP contribution in [0.4, 0.5) is 0 Å². The number of fused-ring (bicyclic) bond motifs is 2. The van der Waals surface area contributed by atoms with E-state index in [1.165, 1.54) is 15.6 Å². The van der Waals surface area contributed by atoms with Crippen LogP contribution in [0.15, 0.2) is 46.3 Å². The maximum atomic E-state index is 13.2. The fourth-order valence-electron chi connectivity index (χ4n) is 4.48. The summed E-state index contributed by atoms with van der Waals surface area (Å²) in [6.45, 7) is 4.30. The molecule has 0 aliphatic carbocycles. The van der Waals surface area contributed by atoms with Crippen LogP contribution < -0.4 is 14.3 Å². The first-order valence-corrected chi connectivity index (χ1v) is 15.6. The van der Waals surface area contributed by atoms with Gasteiger partial charge in [-0.15, -0.1) is 0 Å². The highest BCUT2D eigenvalue weighted by Gasteiger charge is 2.32. The van der Waals surface area contributed by atoms with Crippen LogP contribution in [-0.2, 0) is 21.4 Å². The summed E-state index contributed by atoms with van der Waals surface area (Å²) >= 11 is 3.20. The van der Waals surface area contributed by atoms with Gasteiger partial charge in [0.05, 0.1) is 15.1 Å². The monoisotopic (exact) mass is 547 g/mol. The topological polar surface area (TPSA) is 90.2 Å². The van der Waals surface area contributed by atoms with Gasteiger partial charge >= 0.3 is 0 Å². The fraction of sp³-hybridized carbons (Fsp3) is 0.440. The Balaban J connectivity index is 1.37. The number of rotatable bonds is 6. The Hall–Kier alpha value is -2.34. The number of thiazole rings is 1. The van der Waals surface area contributed by atoms with Crippen molar-refractivity contribution in [3.63, 3.8) is 0 Å². The minimum absolute atomic E-state index is 0.191. The van der Waals surface area contributed by atoms with Crippen molar-refractivity contribution >= 4 is 49.2 Å². The van der Waals surface area contributed by atoms with Gasteiger partial charge in [-0.25, -0.2) is 8.42 Å². The summed E-state index contributed by atoms with van der Waals surface area (Å²) in [5, 5.41) is 0. The van der Waals surface area contributed by atoms with E-state index in [9.17, 15) is 13.2 Å². The zero-order chi connectivity index (χ0) is 25.3. The molecule has 3 aromatic rings. The quantitative estimate of drug-likeness (QED) is 0.468. The molecule has 36 heavy (non-hydrogen) atoms. The van der Waals surface area contributed by atoms with E-state index in [0.29, 0.717) is 60.3 Å². The Kier molecular flexibility index (Phi) is 7.43. The van der Waals surface area contributed by atoms with Gasteiger partial charge in [-0.05, 0) is 38.2 Å². The van der Waals surface area contributed by atoms with Crippen LogP contribution in [0.5, 0.6) is 11.5 Å². The predicted octanol–water partition coefficient (Wildman–Crippen LogP) is 3.67. The number of piperidine rings is 1. The summed E-state index contributed by atoms with van der Waals surface area (Å²) in [7, 11) is -3.57. The van der Waals surface area contributed by atoms with Crippen molar-refractivity contribution in [1.82, 2.24) is 8.87 Å². The van der Waals surface area contributed by atoms with Crippen molar-refractivity contribution in [2.24, 2.45) is 10.9 Å². The molecule has 5 rings (SSSR count). The first kappa shape index (κ1) is 25.3. The molecule has 0 N–H and O–H groups in total. The van der Waals surface area contributed by atoms with Crippen molar-refractivity contribution in [1.29, 1.82) is 0 Å². The predicted molar refractivity (Wildman–Crippen MR) is 142 cm³/mol. The molecule has 192 valence electrons. The van der Waals surface area contributed by atoms with Crippen LogP contribution in [0, 0.1) is 12.8 Å². The molecule has 1 saturated heterocycles. The fourth-order valence-corrected chi connectivity index (χ4v) is 7.39. The molecule has 3 heterocycles. The number of nitrogens with zero attached hydrogens (tertiary/aromatic N) is 3. The van der Waals surface area contributed by atoms with Gasteiger partial charge in [-0.2, -0.15) is 21.1 Å². The molecular formula is C25H29N3O5S3. The second-order valence-corrected chi connectivity index (χ2v) is 12.9. The number of hydrogen-bond donors (Lipinski definition) is 0. The summed E-state index contributed by atoms with van der Waals surface area (Å²) in [6.07, 6.45) is 2.96. The Labute approximate surface area is 219 Å². The highest BCUT2D eigenvalue weighted by Crippen LogP contribution is 2.35. The minimum Gasteiger partial charge on any atom is -0.486 e. The van der Waals surface area contributed by atoms with E-state index in [1.54, 1.807) is 36.0 Å². The maximum absolute atomic E-state index is 13.2. The van der Waals surface area contributed by atoms with E-state index < -0.39 is 10.0 Å². The molecule has 2 aliphatic rings. The van der Waals surface area contributed by atoms with Crippen LogP contribution in [0.25, 0.3) is 10.2 Å². The molecule has 1 fully saturated rings. The van der Waals surface area contributed by atoms with Crippen molar-refractivity contribution in [3.05, 3.63) is 46.8 Å². The van der Waals surface area contributed by atoms with Gasteiger partial charge < -0.3 is 14.0 Å². The van der Waals surface area contributed by atoms with E-state index in [2.05, 4.69) is 9.56 Å². The second kappa shape index (κ2) is 10.6. The smallest absolute Gasteiger partial charge is 0.251 e. The standard InChI is InChI=1S/C25H29N3O5S3/c1-17-3-5-19(6-4-17)36(30,31)27-9-7-18(8-10-27)24(29)26-25-28(11-14-34-2)20-15-21-22(16-23(20)35-25)33-13-12-32-21/h3-6,15-16,18H,7-14H2,1-2H3. The lowest BCUT2D eigenvalue weighted by molar-refractivity contribution is -0.122. The summed E-state index contributed by atoms with van der Waals surface area (Å²) in [4.78, 5) is 18.7. The molecule has 11 heteroatoms. The third-order valence-electron chi connectivity index (χ3n) is 6.53. The van der Waals surface area contributed by atoms with Crippen LogP contribution >= 0.6 is 23.1 Å². The number of carbonyl (C=O) groups excluding carboxylic acids is 1. The number of ether oxygens (including phenoxy) is 2. The molecule has 0 unspecified atom stereocenters. The molecular weight excluding hydrogens is 518 g/mol. The van der Waals surface area contributed by atoms with Crippen molar-refractivity contribution < 1.29 is 22.7 Å². The van der Waals surface area contributed by atoms with Gasteiger partial charge in [-0.3, -0.25) is 4.79 Å². The Morgan fingerprint density at radius 3 is 2.44 bits per heavy atom. The van der Waals surface area contributed by atoms with Gasteiger partial charge in [0.25, 0.3) is 5.91 Å². The molecule has 0 atom stereocenters. The van der Waals surface area contributed by atoms with E-state index in [-0.39, 0.29) is 11.8 Å². The van der Waals surface area contributed by atoms with E-state index in [4.69, 9.17) is 9.47 Å². The molecule has 0 radical (unpaired) electrons. The minimum atomic E-state index is -3.57. The molecule has 1 aromatic heterocycles. The second-order valence-electron chi connectivity index (χ2n) is 8.93. The largest absolute Gasteiger partial charge is 0.486 e. The van der Waals surface area contributed by atoms with Crippen LogP contribution in [-0.4, -0.2) is 61.5 Å². The summed E-state index contributed by atoms with van der Waals surface area (Å²) in [5.41, 5.74) is 1.99. The Morgan fingerprint density at radius 2 is 1.78 bits per heavy atom. The normalized spacial score (nSPS) is 17.6. The van der Waals surface area contributed by atoms with E-state index in [0.717, 1.165) is 28.1 Å². The van der Waals surface area contributed by atoms with Crippen molar-refractivity contribution in [2.75, 3.05) is 38.3 Å². The average molecular weight is 548 g/mol. The van der Waals surface area contributed by atoms with Gasteiger partial charge in [0, 0.05) is 43.4 Å². The van der Waals surface area contributed by atoms with Crippen molar-refractivity contribution in [3.8, 4) is 11.5 Å². The highest BCUT2D eigenvalue weighted by atomic mass is 32.2. The molecule has 2 aromatic carbocycles. The first-order chi connectivity index (χ1) is 17.4. The molecule has 0 saturated carbocycles. The third kappa shape index (κ3) is 5.06. The third-order valence-corrected chi connectivity index (χ3v) is 10.1. The van der Waals surface area contributed by atoms with E-state index in [1.807, 2.05) is 25.3 Å². The Morgan fingerprint density at radius 1 is 1.11 bits per heavy atom. The van der Waals surface area contributed by atoms with Gasteiger partial charge in [0.15, 0.2) is 16.3 Å². The summed E-state index contributed by atoms with van der Waals surface area (Å²) in [5.74, 6) is 1.82. The molecule has 0 bridgehead atoms. The van der Waals surface area contributed by atoms with Crippen LogP contribution in [0.1, 0.15) is 18.4 Å². The average Bonchev–Trinajstić information content (AvgIpc) is 3.21. The number of aromatic nitrogens is 1. The van der Waals surface area contributed by atoms with E-state index >= 15 is 0 Å². The zero-order valence-electron chi connectivity index (χ0n) is 20.3. The van der Waals surface area contributed by atoms with Crippen molar-refractivity contribution in [2.45, 2.75) is 31.2 Å². The highest BCUT2D eigenvalue weighted by molar-refractivity contribution is 7.98. The summed E-state index contributed by atoms with van der Waals surface area (Å²) < 4.78 is 42.1. The lowest BCUT2D eigenvalue weighted by Gasteiger charge is -2.29. The lowest BCUT2D eigenvalue weighted by atomic mass is 9.98. The zero-order valence-corrected chi connectivity index (χ0v) is 22.8. The molecule has 1 amide bonds. The van der Waals surface area contributed by atoms with Crippen LogP contribution in [0.2, 0.25) is 0 Å². The number of hydrogen-bond acceptors (Lipinski definition) is 7. The maximum Gasteiger partial charge on any atom is 0.251 e. The van der Waals surface area contributed by atoms with Gasteiger partial charge in [-0.1, -0.05) is 29.0 Å².